The van der Waals surface area contributed by atoms with Gasteiger partial charge in [0.2, 0.25) is 0 Å². The van der Waals surface area contributed by atoms with E-state index in [0.29, 0.717) is 17.3 Å². The number of nitro groups is 1. The minimum atomic E-state index is -4.65. The Balaban J connectivity index is 2.26. The predicted octanol–water partition coefficient (Wildman–Crippen LogP) is 3.10. The SMILES string of the molecule is Cc1nn(C)cc1/C=N/Nc1ccc(C(F)(F)F)cc1[N+](=O)[O-]. The predicted molar refractivity (Wildman–Crippen MR) is 77.3 cm³/mol. The van der Waals surface area contributed by atoms with Crippen LogP contribution in [0.1, 0.15) is 16.8 Å². The Bertz CT molecular complexity index is 767. The fourth-order valence-corrected chi connectivity index (χ4v) is 1.87. The molecule has 0 aliphatic heterocycles. The monoisotopic (exact) mass is 327 g/mol. The quantitative estimate of drug-likeness (QED) is 0.531. The van der Waals surface area contributed by atoms with E-state index in [-0.39, 0.29) is 5.69 Å². The number of nitrogens with one attached hydrogen (secondary N) is 1. The molecule has 1 aromatic heterocycles. The third-order valence-electron chi connectivity index (χ3n) is 2.96. The molecule has 0 unspecified atom stereocenters. The summed E-state index contributed by atoms with van der Waals surface area (Å²) in [6.07, 6.45) is -1.59. The number of aryl methyl sites for hydroxylation is 2. The molecule has 7 nitrogen and oxygen atoms in total. The van der Waals surface area contributed by atoms with Gasteiger partial charge in [-0.3, -0.25) is 20.2 Å². The lowest BCUT2D eigenvalue weighted by Gasteiger charge is -2.08. The second-order valence-electron chi connectivity index (χ2n) is 4.70. The molecule has 1 N–H and O–H groups in total. The van der Waals surface area contributed by atoms with Crippen LogP contribution in [0.5, 0.6) is 0 Å². The number of anilines is 1. The maximum absolute atomic E-state index is 12.6. The van der Waals surface area contributed by atoms with Crippen molar-refractivity contribution in [1.29, 1.82) is 0 Å². The first-order chi connectivity index (χ1) is 10.7. The average Bonchev–Trinajstić information content (AvgIpc) is 2.76. The second kappa shape index (κ2) is 6.07. The Morgan fingerprint density at radius 1 is 1.43 bits per heavy atom. The molecule has 0 spiro atoms. The summed E-state index contributed by atoms with van der Waals surface area (Å²) in [7, 11) is 1.72. The zero-order chi connectivity index (χ0) is 17.2. The van der Waals surface area contributed by atoms with Gasteiger partial charge in [0.25, 0.3) is 5.69 Å². The summed E-state index contributed by atoms with van der Waals surface area (Å²) in [5, 5.41) is 18.8. The number of aromatic nitrogens is 2. The van der Waals surface area contributed by atoms with Crippen LogP contribution in [0.15, 0.2) is 29.5 Å². The van der Waals surface area contributed by atoms with Gasteiger partial charge < -0.3 is 0 Å². The maximum atomic E-state index is 12.6. The number of hydrazone groups is 1. The van der Waals surface area contributed by atoms with Crippen molar-refractivity contribution in [3.8, 4) is 0 Å². The van der Waals surface area contributed by atoms with Crippen LogP contribution in [0.2, 0.25) is 0 Å². The van der Waals surface area contributed by atoms with Crippen LogP contribution >= 0.6 is 0 Å². The molecule has 10 heteroatoms. The van der Waals surface area contributed by atoms with E-state index < -0.39 is 22.4 Å². The molecule has 2 rings (SSSR count). The third kappa shape index (κ3) is 3.84. The third-order valence-corrected chi connectivity index (χ3v) is 2.96. The van der Waals surface area contributed by atoms with Crippen LogP contribution in [0, 0.1) is 17.0 Å². The highest BCUT2D eigenvalue weighted by Gasteiger charge is 2.33. The molecule has 0 atom stereocenters. The van der Waals surface area contributed by atoms with E-state index in [4.69, 9.17) is 0 Å². The number of benzene rings is 1. The highest BCUT2D eigenvalue weighted by molar-refractivity contribution is 5.81. The Kier molecular flexibility index (Phi) is 4.34. The van der Waals surface area contributed by atoms with Crippen LogP contribution in [0.25, 0.3) is 0 Å². The zero-order valence-corrected chi connectivity index (χ0v) is 12.1. The van der Waals surface area contributed by atoms with Crippen molar-refractivity contribution in [3.05, 3.63) is 51.3 Å². The summed E-state index contributed by atoms with van der Waals surface area (Å²) in [5.74, 6) is 0. The Hall–Kier alpha value is -2.91. The van der Waals surface area contributed by atoms with Crippen molar-refractivity contribution in [2.45, 2.75) is 13.1 Å². The molecule has 23 heavy (non-hydrogen) atoms. The Morgan fingerprint density at radius 3 is 2.65 bits per heavy atom. The van der Waals surface area contributed by atoms with Gasteiger partial charge in [-0.15, -0.1) is 0 Å². The molecular weight excluding hydrogens is 315 g/mol. The van der Waals surface area contributed by atoms with Gasteiger partial charge in [0.1, 0.15) is 5.69 Å². The number of hydrogen-bond acceptors (Lipinski definition) is 5. The fraction of sp³-hybridized carbons (Fsp3) is 0.231. The van der Waals surface area contributed by atoms with E-state index in [2.05, 4.69) is 15.6 Å². The van der Waals surface area contributed by atoms with Gasteiger partial charge in [-0.1, -0.05) is 0 Å². The smallest absolute Gasteiger partial charge is 0.275 e. The number of alkyl halides is 3. The molecule has 122 valence electrons. The first kappa shape index (κ1) is 16.5. The molecular formula is C13H12F3N5O2. The van der Waals surface area contributed by atoms with Crippen LogP contribution < -0.4 is 5.43 Å². The number of nitro benzene ring substituents is 1. The molecule has 1 aromatic carbocycles. The number of hydrogen-bond donors (Lipinski definition) is 1. The lowest BCUT2D eigenvalue weighted by atomic mass is 10.1. The molecule has 0 fully saturated rings. The summed E-state index contributed by atoms with van der Waals surface area (Å²) in [6.45, 7) is 1.75. The maximum Gasteiger partial charge on any atom is 0.416 e. The molecule has 0 saturated carbocycles. The highest BCUT2D eigenvalue weighted by atomic mass is 19.4. The van der Waals surface area contributed by atoms with E-state index in [1.165, 1.54) is 6.21 Å². The number of halogens is 3. The van der Waals surface area contributed by atoms with Crippen molar-refractivity contribution in [3.63, 3.8) is 0 Å². The van der Waals surface area contributed by atoms with Gasteiger partial charge in [-0.2, -0.15) is 23.4 Å². The van der Waals surface area contributed by atoms with Crippen molar-refractivity contribution in [1.82, 2.24) is 9.78 Å². The van der Waals surface area contributed by atoms with Crippen molar-refractivity contribution in [2.75, 3.05) is 5.43 Å². The largest absolute Gasteiger partial charge is 0.416 e. The standard InChI is InChI=1S/C13H12F3N5O2/c1-8-9(7-20(2)19-8)6-17-18-11-4-3-10(13(14,15)16)5-12(11)21(22)23/h3-7,18H,1-2H3/b17-6+. The second-order valence-corrected chi connectivity index (χ2v) is 4.70. The molecule has 1 heterocycles. The first-order valence-electron chi connectivity index (χ1n) is 6.33. The topological polar surface area (TPSA) is 85.3 Å². The highest BCUT2D eigenvalue weighted by Crippen LogP contribution is 2.34. The lowest BCUT2D eigenvalue weighted by Crippen LogP contribution is -2.06. The van der Waals surface area contributed by atoms with E-state index in [9.17, 15) is 23.3 Å². The van der Waals surface area contributed by atoms with Crippen LogP contribution in [-0.2, 0) is 13.2 Å². The lowest BCUT2D eigenvalue weighted by molar-refractivity contribution is -0.384. The number of rotatable bonds is 4. The van der Waals surface area contributed by atoms with Gasteiger partial charge in [0.05, 0.1) is 22.4 Å². The summed E-state index contributed by atoms with van der Waals surface area (Å²) >= 11 is 0. The molecule has 0 amide bonds. The van der Waals surface area contributed by atoms with Gasteiger partial charge in [0.15, 0.2) is 0 Å². The number of nitrogens with zero attached hydrogens (tertiary/aromatic N) is 4. The van der Waals surface area contributed by atoms with Gasteiger partial charge in [-0.05, 0) is 19.1 Å². The molecule has 0 saturated heterocycles. The minimum absolute atomic E-state index is 0.138. The fourth-order valence-electron chi connectivity index (χ4n) is 1.87. The summed E-state index contributed by atoms with van der Waals surface area (Å²) in [6, 6.07) is 2.18. The average molecular weight is 327 g/mol. The van der Waals surface area contributed by atoms with Gasteiger partial charge in [0, 0.05) is 24.9 Å². The molecule has 2 aromatic rings. The molecule has 0 radical (unpaired) electrons. The van der Waals surface area contributed by atoms with E-state index in [0.717, 1.165) is 12.1 Å². The minimum Gasteiger partial charge on any atom is -0.275 e. The van der Waals surface area contributed by atoms with E-state index >= 15 is 0 Å². The summed E-state index contributed by atoms with van der Waals surface area (Å²) in [4.78, 5) is 10.0. The molecule has 0 aliphatic carbocycles. The van der Waals surface area contributed by atoms with Crippen molar-refractivity contribution >= 4 is 17.6 Å². The van der Waals surface area contributed by atoms with Crippen LogP contribution in [-0.4, -0.2) is 20.9 Å². The van der Waals surface area contributed by atoms with Crippen molar-refractivity contribution < 1.29 is 18.1 Å². The zero-order valence-electron chi connectivity index (χ0n) is 12.1. The Labute approximate surface area is 128 Å². The Morgan fingerprint density at radius 2 is 2.13 bits per heavy atom. The summed E-state index contributed by atoms with van der Waals surface area (Å²) in [5.41, 5.74) is 1.81. The van der Waals surface area contributed by atoms with Crippen LogP contribution in [0.4, 0.5) is 24.5 Å². The van der Waals surface area contributed by atoms with Gasteiger partial charge in [-0.25, -0.2) is 0 Å². The van der Waals surface area contributed by atoms with E-state index in [1.54, 1.807) is 24.9 Å². The molecule has 0 bridgehead atoms. The van der Waals surface area contributed by atoms with Gasteiger partial charge >= 0.3 is 6.18 Å². The first-order valence-corrected chi connectivity index (χ1v) is 6.33. The van der Waals surface area contributed by atoms with E-state index in [1.807, 2.05) is 0 Å². The normalized spacial score (nSPS) is 11.9. The summed E-state index contributed by atoms with van der Waals surface area (Å²) < 4.78 is 39.4. The van der Waals surface area contributed by atoms with Crippen molar-refractivity contribution in [2.24, 2.45) is 12.1 Å². The molecule has 0 aliphatic rings. The van der Waals surface area contributed by atoms with Crippen LogP contribution in [0.3, 0.4) is 0 Å².